The summed E-state index contributed by atoms with van der Waals surface area (Å²) in [5.41, 5.74) is 9.45. The molecule has 1 saturated carbocycles. The Kier molecular flexibility index (Phi) is 5.34. The Morgan fingerprint density at radius 1 is 1.03 bits per heavy atom. The number of nitrogens with two attached hydrogens (primary N) is 1. The number of hydrogen-bond donors (Lipinski definition) is 2. The van der Waals surface area contributed by atoms with Crippen LogP contribution in [0.25, 0.3) is 22.0 Å². The molecule has 0 aliphatic heterocycles. The minimum absolute atomic E-state index is 0.0107. The van der Waals surface area contributed by atoms with Gasteiger partial charge in [-0.2, -0.15) is 4.98 Å². The van der Waals surface area contributed by atoms with E-state index < -0.39 is 0 Å². The predicted molar refractivity (Wildman–Crippen MR) is 118 cm³/mol. The van der Waals surface area contributed by atoms with Crippen LogP contribution in [0, 0.1) is 0 Å². The Bertz CT molecular complexity index is 1040. The molecule has 1 aliphatic rings. The molecule has 29 heavy (non-hydrogen) atoms. The number of carbonyl (C=O) groups is 1. The highest BCUT2D eigenvalue weighted by molar-refractivity contribution is 5.97. The van der Waals surface area contributed by atoms with E-state index in [9.17, 15) is 4.79 Å². The lowest BCUT2D eigenvalue weighted by Gasteiger charge is -2.24. The van der Waals surface area contributed by atoms with Crippen molar-refractivity contribution in [2.45, 2.75) is 38.1 Å². The van der Waals surface area contributed by atoms with E-state index in [-0.39, 0.29) is 11.9 Å². The molecule has 1 aromatic heterocycles. The predicted octanol–water partition coefficient (Wildman–Crippen LogP) is 4.33. The first-order valence-corrected chi connectivity index (χ1v) is 10.2. The summed E-state index contributed by atoms with van der Waals surface area (Å²) in [6, 6.07) is 14.2. The zero-order valence-electron chi connectivity index (χ0n) is 17.0. The number of nitrogens with one attached hydrogen (secondary N) is 1. The van der Waals surface area contributed by atoms with Gasteiger partial charge in [-0.3, -0.25) is 4.79 Å². The van der Waals surface area contributed by atoms with Crippen LogP contribution in [-0.2, 0) is 0 Å². The molecule has 0 bridgehead atoms. The minimum atomic E-state index is -0.0107. The summed E-state index contributed by atoms with van der Waals surface area (Å²) in [7, 11) is 3.52. The first kappa shape index (κ1) is 19.2. The van der Waals surface area contributed by atoms with Crippen LogP contribution >= 0.6 is 0 Å². The molecule has 0 saturated heterocycles. The van der Waals surface area contributed by atoms with Crippen molar-refractivity contribution in [1.29, 1.82) is 0 Å². The van der Waals surface area contributed by atoms with Gasteiger partial charge in [0.1, 0.15) is 5.82 Å². The zero-order valence-corrected chi connectivity index (χ0v) is 17.0. The van der Waals surface area contributed by atoms with Crippen molar-refractivity contribution in [2.24, 2.45) is 0 Å². The van der Waals surface area contributed by atoms with Gasteiger partial charge in [0.2, 0.25) is 5.95 Å². The molecule has 3 N–H and O–H groups in total. The Hall–Kier alpha value is -3.15. The maximum Gasteiger partial charge on any atom is 0.253 e. The van der Waals surface area contributed by atoms with Gasteiger partial charge in [0, 0.05) is 31.1 Å². The van der Waals surface area contributed by atoms with Crippen molar-refractivity contribution < 1.29 is 4.79 Å². The SMILES string of the molecule is CN(C)C(=O)c1cccc(-c2ccc3nc(N)nc(NC4CCCCC4)c3c2)c1. The van der Waals surface area contributed by atoms with Crippen LogP contribution in [0.15, 0.2) is 42.5 Å². The van der Waals surface area contributed by atoms with Crippen LogP contribution in [-0.4, -0.2) is 40.9 Å². The number of carbonyl (C=O) groups excluding carboxylic acids is 1. The Labute approximate surface area is 171 Å². The highest BCUT2D eigenvalue weighted by atomic mass is 16.2. The quantitative estimate of drug-likeness (QED) is 0.694. The van der Waals surface area contributed by atoms with Gasteiger partial charge < -0.3 is 16.0 Å². The summed E-state index contributed by atoms with van der Waals surface area (Å²) in [5, 5.41) is 4.55. The van der Waals surface area contributed by atoms with E-state index >= 15 is 0 Å². The fraction of sp³-hybridized carbons (Fsp3) is 0.348. The van der Waals surface area contributed by atoms with Crippen molar-refractivity contribution >= 4 is 28.6 Å². The molecule has 3 aromatic rings. The summed E-state index contributed by atoms with van der Waals surface area (Å²) in [6.45, 7) is 0. The molecule has 6 heteroatoms. The van der Waals surface area contributed by atoms with E-state index in [2.05, 4.69) is 21.4 Å². The van der Waals surface area contributed by atoms with Crippen LogP contribution < -0.4 is 11.1 Å². The first-order chi connectivity index (χ1) is 14.0. The lowest BCUT2D eigenvalue weighted by atomic mass is 9.95. The van der Waals surface area contributed by atoms with E-state index in [1.807, 2.05) is 36.4 Å². The first-order valence-electron chi connectivity index (χ1n) is 10.2. The molecule has 1 aliphatic carbocycles. The van der Waals surface area contributed by atoms with E-state index in [1.54, 1.807) is 19.0 Å². The maximum absolute atomic E-state index is 12.3. The third-order valence-electron chi connectivity index (χ3n) is 5.51. The third-order valence-corrected chi connectivity index (χ3v) is 5.51. The van der Waals surface area contributed by atoms with E-state index in [1.165, 1.54) is 19.3 Å². The molecule has 1 heterocycles. The molecule has 0 spiro atoms. The van der Waals surface area contributed by atoms with Gasteiger partial charge in [-0.25, -0.2) is 4.98 Å². The van der Waals surface area contributed by atoms with Gasteiger partial charge >= 0.3 is 0 Å². The number of nitrogens with zero attached hydrogens (tertiary/aromatic N) is 3. The van der Waals surface area contributed by atoms with Crippen LogP contribution in [0.2, 0.25) is 0 Å². The number of aromatic nitrogens is 2. The molecule has 1 amide bonds. The van der Waals surface area contributed by atoms with Crippen molar-refractivity contribution in [2.75, 3.05) is 25.1 Å². The fourth-order valence-electron chi connectivity index (χ4n) is 3.97. The highest BCUT2D eigenvalue weighted by Crippen LogP contribution is 2.30. The van der Waals surface area contributed by atoms with Crippen LogP contribution in [0.1, 0.15) is 42.5 Å². The molecule has 0 atom stereocenters. The summed E-state index contributed by atoms with van der Waals surface area (Å²) >= 11 is 0. The van der Waals surface area contributed by atoms with Crippen LogP contribution in [0.5, 0.6) is 0 Å². The molecule has 4 rings (SSSR count). The van der Waals surface area contributed by atoms with Gasteiger partial charge in [-0.1, -0.05) is 37.5 Å². The molecular weight excluding hydrogens is 362 g/mol. The molecular formula is C23H27N5O. The number of fused-ring (bicyclic) bond motifs is 1. The normalized spacial score (nSPS) is 14.7. The van der Waals surface area contributed by atoms with E-state index in [0.29, 0.717) is 11.6 Å². The summed E-state index contributed by atoms with van der Waals surface area (Å²) in [5.74, 6) is 1.06. The monoisotopic (exact) mass is 389 g/mol. The third kappa shape index (κ3) is 4.16. The number of anilines is 2. The Morgan fingerprint density at radius 2 is 1.79 bits per heavy atom. The smallest absolute Gasteiger partial charge is 0.253 e. The largest absolute Gasteiger partial charge is 0.368 e. The van der Waals surface area contributed by atoms with Gasteiger partial charge in [-0.15, -0.1) is 0 Å². The average Bonchev–Trinajstić information content (AvgIpc) is 2.73. The molecule has 0 radical (unpaired) electrons. The van der Waals surface area contributed by atoms with E-state index in [4.69, 9.17) is 5.73 Å². The van der Waals surface area contributed by atoms with Crippen LogP contribution in [0.4, 0.5) is 11.8 Å². The molecule has 1 fully saturated rings. The number of nitrogen functional groups attached to an aromatic ring is 1. The van der Waals surface area contributed by atoms with Crippen molar-refractivity contribution in [3.05, 3.63) is 48.0 Å². The minimum Gasteiger partial charge on any atom is -0.368 e. The maximum atomic E-state index is 12.3. The van der Waals surface area contributed by atoms with Gasteiger partial charge in [0.05, 0.1) is 5.52 Å². The van der Waals surface area contributed by atoms with Crippen molar-refractivity contribution in [3.8, 4) is 11.1 Å². The number of amides is 1. The second kappa shape index (κ2) is 8.07. The standard InChI is InChI=1S/C23H27N5O/c1-28(2)22(29)17-8-6-7-15(13-17)16-11-12-20-19(14-16)21(27-23(24)26-20)25-18-9-4-3-5-10-18/h6-8,11-14,18H,3-5,9-10H2,1-2H3,(H3,24,25,26,27). The summed E-state index contributed by atoms with van der Waals surface area (Å²) in [4.78, 5) is 22.8. The van der Waals surface area contributed by atoms with Crippen LogP contribution in [0.3, 0.4) is 0 Å². The lowest BCUT2D eigenvalue weighted by molar-refractivity contribution is 0.0827. The highest BCUT2D eigenvalue weighted by Gasteiger charge is 2.16. The van der Waals surface area contributed by atoms with Crippen molar-refractivity contribution in [3.63, 3.8) is 0 Å². The van der Waals surface area contributed by atoms with Gasteiger partial charge in [0.25, 0.3) is 5.91 Å². The Morgan fingerprint density at radius 3 is 2.55 bits per heavy atom. The second-order valence-corrected chi connectivity index (χ2v) is 7.92. The summed E-state index contributed by atoms with van der Waals surface area (Å²) < 4.78 is 0. The second-order valence-electron chi connectivity index (χ2n) is 7.92. The molecule has 2 aromatic carbocycles. The topological polar surface area (TPSA) is 84.1 Å². The lowest BCUT2D eigenvalue weighted by Crippen LogP contribution is -2.23. The molecule has 0 unspecified atom stereocenters. The van der Waals surface area contributed by atoms with E-state index in [0.717, 1.165) is 40.7 Å². The number of hydrogen-bond acceptors (Lipinski definition) is 5. The van der Waals surface area contributed by atoms with Gasteiger partial charge in [-0.05, 0) is 48.2 Å². The molecule has 6 nitrogen and oxygen atoms in total. The fourth-order valence-corrected chi connectivity index (χ4v) is 3.97. The molecule has 150 valence electrons. The average molecular weight is 390 g/mol. The Balaban J connectivity index is 1.73. The number of rotatable bonds is 4. The van der Waals surface area contributed by atoms with Crippen molar-refractivity contribution in [1.82, 2.24) is 14.9 Å². The number of benzene rings is 2. The summed E-state index contributed by atoms with van der Waals surface area (Å²) in [6.07, 6.45) is 6.10. The van der Waals surface area contributed by atoms with Gasteiger partial charge in [0.15, 0.2) is 0 Å². The zero-order chi connectivity index (χ0) is 20.4.